The van der Waals surface area contributed by atoms with E-state index in [1.807, 2.05) is 49.9 Å². The number of hydrogen-bond donors (Lipinski definition) is 4. The van der Waals surface area contributed by atoms with Crippen molar-refractivity contribution in [1.82, 2.24) is 40.4 Å². The number of hydrogen-bond acceptors (Lipinski definition) is 10. The Hall–Kier alpha value is -6.06. The van der Waals surface area contributed by atoms with Gasteiger partial charge in [0.2, 0.25) is 11.8 Å². The van der Waals surface area contributed by atoms with Gasteiger partial charge in [0, 0.05) is 35.3 Å². The lowest BCUT2D eigenvalue weighted by Crippen LogP contribution is -2.51. The maximum atomic E-state index is 13.8. The molecular formula is C48H62N8O8. The number of ether oxygens (including phenoxy) is 4. The third-order valence-corrected chi connectivity index (χ3v) is 13.5. The first-order valence-electron chi connectivity index (χ1n) is 22.9. The summed E-state index contributed by atoms with van der Waals surface area (Å²) < 4.78 is 23.2. The van der Waals surface area contributed by atoms with Gasteiger partial charge in [0.25, 0.3) is 0 Å². The fourth-order valence-corrected chi connectivity index (χ4v) is 9.87. The summed E-state index contributed by atoms with van der Waals surface area (Å²) in [4.78, 5) is 72.1. The van der Waals surface area contributed by atoms with Crippen LogP contribution in [0.3, 0.4) is 0 Å². The summed E-state index contributed by atoms with van der Waals surface area (Å²) in [6.45, 7) is 9.95. The maximum Gasteiger partial charge on any atom is 0.407 e. The number of carbonyl (C=O) groups excluding carboxylic acids is 4. The lowest BCUT2D eigenvalue weighted by molar-refractivity contribution is -0.136. The van der Waals surface area contributed by atoms with Crippen molar-refractivity contribution in [1.29, 1.82) is 0 Å². The van der Waals surface area contributed by atoms with Gasteiger partial charge in [-0.25, -0.2) is 19.6 Å². The van der Waals surface area contributed by atoms with E-state index in [4.69, 9.17) is 28.9 Å². The summed E-state index contributed by atoms with van der Waals surface area (Å²) >= 11 is 0. The van der Waals surface area contributed by atoms with E-state index in [1.165, 1.54) is 27.1 Å². The molecule has 6 unspecified atom stereocenters. The van der Waals surface area contributed by atoms with E-state index >= 15 is 0 Å². The van der Waals surface area contributed by atoms with E-state index in [-0.39, 0.29) is 35.7 Å². The Morgan fingerprint density at radius 1 is 0.641 bits per heavy atom. The highest BCUT2D eigenvalue weighted by atomic mass is 16.5. The van der Waals surface area contributed by atoms with Gasteiger partial charge >= 0.3 is 12.2 Å². The van der Waals surface area contributed by atoms with E-state index in [1.54, 1.807) is 0 Å². The lowest BCUT2D eigenvalue weighted by Gasteiger charge is -2.33. The molecule has 2 aromatic heterocycles. The van der Waals surface area contributed by atoms with E-state index in [0.717, 1.165) is 83.7 Å². The summed E-state index contributed by atoms with van der Waals surface area (Å²) in [6.07, 6.45) is 10.0. The number of benzene rings is 2. The molecule has 4 N–H and O–H groups in total. The number of nitrogens with one attached hydrogen (secondary N) is 4. The molecule has 1 aliphatic carbocycles. The van der Waals surface area contributed by atoms with Gasteiger partial charge in [0.05, 0.1) is 63.3 Å². The third kappa shape index (κ3) is 9.27. The number of amides is 4. The molecule has 1 saturated carbocycles. The Bertz CT molecular complexity index is 2160. The minimum Gasteiger partial charge on any atom is -0.493 e. The quantitative estimate of drug-likeness (QED) is 0.122. The molecule has 8 rings (SSSR count). The normalized spacial score (nSPS) is 21.8. The fourth-order valence-electron chi connectivity index (χ4n) is 9.87. The number of alkyl carbamates (subject to hydrolysis) is 2. The van der Waals surface area contributed by atoms with Crippen LogP contribution in [0.1, 0.15) is 103 Å². The zero-order valence-electron chi connectivity index (χ0n) is 37.8. The number of nitrogens with zero attached hydrogens (tertiary/aromatic N) is 4. The second-order valence-electron chi connectivity index (χ2n) is 18.3. The molecule has 6 atom stereocenters. The minimum atomic E-state index is -0.716. The number of methoxy groups -OCH3 is 2. The van der Waals surface area contributed by atoms with Crippen molar-refractivity contribution < 1.29 is 38.1 Å². The van der Waals surface area contributed by atoms with Crippen molar-refractivity contribution in [2.24, 2.45) is 23.7 Å². The van der Waals surface area contributed by atoms with E-state index in [2.05, 4.69) is 57.0 Å². The van der Waals surface area contributed by atoms with Crippen molar-refractivity contribution in [3.63, 3.8) is 0 Å². The van der Waals surface area contributed by atoms with Crippen molar-refractivity contribution >= 4 is 24.0 Å². The highest BCUT2D eigenvalue weighted by Crippen LogP contribution is 2.44. The van der Waals surface area contributed by atoms with E-state index in [9.17, 15) is 19.2 Å². The van der Waals surface area contributed by atoms with Gasteiger partial charge in [-0.1, -0.05) is 52.7 Å². The van der Waals surface area contributed by atoms with Gasteiger partial charge in [0.1, 0.15) is 35.2 Å². The van der Waals surface area contributed by atoms with Crippen LogP contribution in [0.25, 0.3) is 33.6 Å². The monoisotopic (exact) mass is 878 g/mol. The van der Waals surface area contributed by atoms with Gasteiger partial charge in [0.15, 0.2) is 0 Å². The Balaban J connectivity index is 1.07. The van der Waals surface area contributed by atoms with Crippen LogP contribution < -0.4 is 20.1 Å². The van der Waals surface area contributed by atoms with Crippen molar-refractivity contribution in [3.8, 4) is 45.1 Å². The van der Waals surface area contributed by atoms with Crippen LogP contribution in [0.4, 0.5) is 9.59 Å². The highest BCUT2D eigenvalue weighted by Gasteiger charge is 2.39. The second-order valence-corrected chi connectivity index (χ2v) is 18.3. The number of H-pyrrole nitrogens is 2. The summed E-state index contributed by atoms with van der Waals surface area (Å²) in [5, 5.41) is 5.44. The predicted octanol–water partition coefficient (Wildman–Crippen LogP) is 7.80. The number of carbonyl (C=O) groups is 4. The predicted molar refractivity (Wildman–Crippen MR) is 239 cm³/mol. The van der Waals surface area contributed by atoms with Crippen molar-refractivity contribution in [2.45, 2.75) is 103 Å². The highest BCUT2D eigenvalue weighted by molar-refractivity contribution is 5.87. The lowest BCUT2D eigenvalue weighted by atomic mass is 9.80. The molecule has 0 spiro atoms. The number of rotatable bonds is 10. The summed E-state index contributed by atoms with van der Waals surface area (Å²) in [7, 11) is 2.59. The van der Waals surface area contributed by atoms with Crippen LogP contribution in [0.2, 0.25) is 0 Å². The standard InChI is InChI=1S/C48H62N8O8/c1-27(2)41(53-47(59)61-5)45(57)55-19-9-13-37(55)43-49-23-35(51-43)29-15-17-33-34-18-16-30(22-40(34)64-26-32-12-8-7-11-31(32)25-63-39(33)21-29)36-24-50-44(52-36)38-14-10-20-56(38)46(58)42(28(3)4)54-48(60)62-6/h15-18,21-24,27-28,31-32,37-38,41-42H,7-14,19-20,25-26H2,1-6H3,(H,49,51)(H,50,52)(H,53,59)(H,54,60). The minimum absolute atomic E-state index is 0.129. The molecule has 3 fully saturated rings. The molecule has 342 valence electrons. The Kier molecular flexibility index (Phi) is 13.5. The summed E-state index contributed by atoms with van der Waals surface area (Å²) in [5.41, 5.74) is 5.26. The average Bonchev–Trinajstić information content (AvgIpc) is 4.15. The smallest absolute Gasteiger partial charge is 0.407 e. The van der Waals surface area contributed by atoms with E-state index < -0.39 is 24.3 Å². The fraction of sp³-hybridized carbons (Fsp3) is 0.542. The number of likely N-dealkylation sites (tertiary alicyclic amines) is 2. The van der Waals surface area contributed by atoms with Crippen LogP contribution in [-0.2, 0) is 19.1 Å². The van der Waals surface area contributed by atoms with Crippen LogP contribution in [0.5, 0.6) is 11.5 Å². The zero-order valence-corrected chi connectivity index (χ0v) is 37.8. The molecule has 16 heteroatoms. The molecule has 4 aliphatic rings. The van der Waals surface area contributed by atoms with Crippen LogP contribution in [0, 0.1) is 23.7 Å². The SMILES string of the molecule is COC(=O)NC(C(=O)N1CCCC1c1ncc(-c2ccc3c(c2)OCC2CCCCC2COc2cc(-c4cnc(C5CCCN5C(=O)C(NC(=O)OC)C(C)C)[nH]4)ccc2-3)[nH]1)C(C)C. The number of aromatic nitrogens is 4. The summed E-state index contributed by atoms with van der Waals surface area (Å²) in [6, 6.07) is 10.4. The van der Waals surface area contributed by atoms with Gasteiger partial charge in [-0.3, -0.25) is 9.59 Å². The third-order valence-electron chi connectivity index (χ3n) is 13.5. The molecule has 2 saturated heterocycles. The molecule has 0 radical (unpaired) electrons. The maximum absolute atomic E-state index is 13.8. The molecule has 64 heavy (non-hydrogen) atoms. The second kappa shape index (κ2) is 19.4. The largest absolute Gasteiger partial charge is 0.493 e. The first kappa shape index (κ1) is 44.5. The molecule has 3 aliphatic heterocycles. The topological polar surface area (TPSA) is 193 Å². The van der Waals surface area contributed by atoms with Crippen LogP contribution in [0.15, 0.2) is 48.8 Å². The number of aromatic amines is 2. The molecule has 4 aromatic rings. The molecule has 4 amide bonds. The van der Waals surface area contributed by atoms with Gasteiger partial charge in [-0.15, -0.1) is 0 Å². The summed E-state index contributed by atoms with van der Waals surface area (Å²) in [5.74, 6) is 3.04. The van der Waals surface area contributed by atoms with Crippen LogP contribution >= 0.6 is 0 Å². The molecule has 0 bridgehead atoms. The Morgan fingerprint density at radius 3 is 1.45 bits per heavy atom. The number of imidazole rings is 2. The Labute approximate surface area is 374 Å². The first-order chi connectivity index (χ1) is 30.9. The van der Waals surface area contributed by atoms with Crippen LogP contribution in [-0.4, -0.2) is 106 Å². The van der Waals surface area contributed by atoms with Gasteiger partial charge < -0.3 is 49.3 Å². The van der Waals surface area contributed by atoms with E-state index in [0.29, 0.717) is 49.8 Å². The van der Waals surface area contributed by atoms with Crippen molar-refractivity contribution in [3.05, 3.63) is 60.4 Å². The zero-order chi connectivity index (χ0) is 45.1. The average molecular weight is 879 g/mol. The molecule has 16 nitrogen and oxygen atoms in total. The first-order valence-corrected chi connectivity index (χ1v) is 22.9. The molecule has 2 aromatic carbocycles. The number of fused-ring (bicyclic) bond motifs is 4. The van der Waals surface area contributed by atoms with Gasteiger partial charge in [-0.2, -0.15) is 0 Å². The van der Waals surface area contributed by atoms with Gasteiger partial charge in [-0.05, 0) is 86.5 Å². The Morgan fingerprint density at radius 2 is 1.06 bits per heavy atom. The molecule has 5 heterocycles. The molecular weight excluding hydrogens is 817 g/mol. The van der Waals surface area contributed by atoms with Crippen molar-refractivity contribution in [2.75, 3.05) is 40.5 Å².